The Balaban J connectivity index is 2.13. The second-order valence-electron chi connectivity index (χ2n) is 5.44. The van der Waals surface area contributed by atoms with E-state index in [9.17, 15) is 18.4 Å². The molecule has 2 aliphatic heterocycles. The molecular formula is C13H20F2N2O2S. The van der Waals surface area contributed by atoms with Gasteiger partial charge in [0.25, 0.3) is 6.43 Å². The summed E-state index contributed by atoms with van der Waals surface area (Å²) in [6.07, 6.45) is -0.747. The first-order valence-electron chi connectivity index (χ1n) is 6.92. The van der Waals surface area contributed by atoms with Crippen molar-refractivity contribution in [3.63, 3.8) is 0 Å². The first kappa shape index (κ1) is 15.5. The molecule has 114 valence electrons. The van der Waals surface area contributed by atoms with Crippen LogP contribution in [0, 0.1) is 0 Å². The predicted octanol–water partition coefficient (Wildman–Crippen LogP) is 1.94. The molecule has 0 unspecified atom stereocenters. The molecule has 2 heterocycles. The van der Waals surface area contributed by atoms with Crippen LogP contribution >= 0.6 is 11.8 Å². The highest BCUT2D eigenvalue weighted by Crippen LogP contribution is 2.47. The van der Waals surface area contributed by atoms with Crippen LogP contribution in [0.15, 0.2) is 0 Å². The molecule has 0 aromatic carbocycles. The van der Waals surface area contributed by atoms with Gasteiger partial charge in [-0.1, -0.05) is 6.92 Å². The van der Waals surface area contributed by atoms with Crippen molar-refractivity contribution in [3.8, 4) is 0 Å². The largest absolute Gasteiger partial charge is 0.335 e. The Morgan fingerprint density at radius 3 is 2.90 bits per heavy atom. The van der Waals surface area contributed by atoms with Gasteiger partial charge in [-0.2, -0.15) is 0 Å². The number of rotatable bonds is 5. The van der Waals surface area contributed by atoms with E-state index in [1.165, 1.54) is 4.90 Å². The monoisotopic (exact) mass is 306 g/mol. The second-order valence-corrected chi connectivity index (χ2v) is 6.94. The van der Waals surface area contributed by atoms with Crippen LogP contribution in [0.1, 0.15) is 33.1 Å². The number of halogens is 2. The zero-order chi connectivity index (χ0) is 14.9. The number of amides is 2. The maximum atomic E-state index is 12.6. The molecule has 2 aliphatic rings. The molecule has 2 saturated heterocycles. The van der Waals surface area contributed by atoms with E-state index in [0.29, 0.717) is 25.1 Å². The summed E-state index contributed by atoms with van der Waals surface area (Å²) in [5, 5.41) is 0. The highest BCUT2D eigenvalue weighted by atomic mass is 32.2. The average Bonchev–Trinajstić information content (AvgIpc) is 2.85. The Bertz CT molecular complexity index is 408. The Hall–Kier alpha value is -0.850. The Kier molecular flexibility index (Phi) is 4.56. The second kappa shape index (κ2) is 5.87. The van der Waals surface area contributed by atoms with E-state index in [1.807, 2.05) is 13.8 Å². The van der Waals surface area contributed by atoms with Gasteiger partial charge in [-0.05, 0) is 19.8 Å². The molecule has 0 spiro atoms. The quantitative estimate of drug-likeness (QED) is 0.779. The smallest absolute Gasteiger partial charge is 0.255 e. The SMILES string of the molecule is CCCN(CC(F)F)C(=O)[C@@H]1CS[C@@]2(C)CCC(=O)N12. The highest BCUT2D eigenvalue weighted by Gasteiger charge is 2.53. The number of fused-ring (bicyclic) bond motifs is 1. The van der Waals surface area contributed by atoms with Gasteiger partial charge in [-0.3, -0.25) is 9.59 Å². The van der Waals surface area contributed by atoms with Crippen LogP contribution in [-0.4, -0.2) is 57.8 Å². The van der Waals surface area contributed by atoms with Gasteiger partial charge < -0.3 is 9.80 Å². The average molecular weight is 306 g/mol. The molecular weight excluding hydrogens is 286 g/mol. The lowest BCUT2D eigenvalue weighted by Crippen LogP contribution is -2.52. The normalized spacial score (nSPS) is 29.1. The molecule has 0 aliphatic carbocycles. The minimum Gasteiger partial charge on any atom is -0.335 e. The first-order valence-corrected chi connectivity index (χ1v) is 7.90. The molecule has 2 atom stereocenters. The van der Waals surface area contributed by atoms with Gasteiger partial charge in [0.1, 0.15) is 6.04 Å². The van der Waals surface area contributed by atoms with Crippen molar-refractivity contribution in [2.24, 2.45) is 0 Å². The molecule has 4 nitrogen and oxygen atoms in total. The molecule has 2 fully saturated rings. The van der Waals surface area contributed by atoms with Crippen LogP contribution in [0.2, 0.25) is 0 Å². The summed E-state index contributed by atoms with van der Waals surface area (Å²) >= 11 is 1.58. The fraction of sp³-hybridized carbons (Fsp3) is 0.846. The van der Waals surface area contributed by atoms with Crippen molar-refractivity contribution in [2.45, 2.75) is 50.4 Å². The topological polar surface area (TPSA) is 40.6 Å². The van der Waals surface area contributed by atoms with Gasteiger partial charge in [-0.15, -0.1) is 11.8 Å². The predicted molar refractivity (Wildman–Crippen MR) is 73.6 cm³/mol. The fourth-order valence-corrected chi connectivity index (χ4v) is 4.37. The molecule has 0 saturated carbocycles. The summed E-state index contributed by atoms with van der Waals surface area (Å²) in [5.41, 5.74) is 0. The van der Waals surface area contributed by atoms with E-state index in [2.05, 4.69) is 0 Å². The lowest BCUT2D eigenvalue weighted by molar-refractivity contribution is -0.145. The van der Waals surface area contributed by atoms with Crippen molar-refractivity contribution in [1.29, 1.82) is 0 Å². The van der Waals surface area contributed by atoms with Crippen molar-refractivity contribution >= 4 is 23.6 Å². The lowest BCUT2D eigenvalue weighted by atomic mass is 10.2. The van der Waals surface area contributed by atoms with Gasteiger partial charge >= 0.3 is 0 Å². The summed E-state index contributed by atoms with van der Waals surface area (Å²) in [7, 11) is 0. The summed E-state index contributed by atoms with van der Waals surface area (Å²) in [5.74, 6) is 0.132. The van der Waals surface area contributed by atoms with Crippen LogP contribution in [0.3, 0.4) is 0 Å². The molecule has 0 N–H and O–H groups in total. The van der Waals surface area contributed by atoms with Gasteiger partial charge in [0.05, 0.1) is 11.4 Å². The van der Waals surface area contributed by atoms with Crippen molar-refractivity contribution in [2.75, 3.05) is 18.8 Å². The molecule has 2 amide bonds. The minimum absolute atomic E-state index is 0.0376. The number of carbonyl (C=O) groups is 2. The third-order valence-corrected chi connectivity index (χ3v) is 5.40. The maximum Gasteiger partial charge on any atom is 0.255 e. The fourth-order valence-electron chi connectivity index (χ4n) is 2.94. The van der Waals surface area contributed by atoms with Crippen LogP contribution in [0.5, 0.6) is 0 Å². The van der Waals surface area contributed by atoms with Crippen molar-refractivity contribution in [3.05, 3.63) is 0 Å². The minimum atomic E-state index is -2.54. The molecule has 20 heavy (non-hydrogen) atoms. The zero-order valence-electron chi connectivity index (χ0n) is 11.8. The molecule has 0 bridgehead atoms. The summed E-state index contributed by atoms with van der Waals surface area (Å²) in [4.78, 5) is 26.9. The Morgan fingerprint density at radius 1 is 1.60 bits per heavy atom. The third-order valence-electron chi connectivity index (χ3n) is 3.89. The van der Waals surface area contributed by atoms with E-state index in [1.54, 1.807) is 16.7 Å². The summed E-state index contributed by atoms with van der Waals surface area (Å²) in [6.45, 7) is 3.56. The van der Waals surface area contributed by atoms with Crippen LogP contribution in [0.25, 0.3) is 0 Å². The number of carbonyl (C=O) groups excluding carboxylic acids is 2. The van der Waals surface area contributed by atoms with Gasteiger partial charge in [0.2, 0.25) is 11.8 Å². The molecule has 0 radical (unpaired) electrons. The number of hydrogen-bond acceptors (Lipinski definition) is 3. The van der Waals surface area contributed by atoms with Gasteiger partial charge in [0, 0.05) is 18.7 Å². The molecule has 7 heteroatoms. The van der Waals surface area contributed by atoms with Crippen LogP contribution in [-0.2, 0) is 9.59 Å². The van der Waals surface area contributed by atoms with Gasteiger partial charge in [0.15, 0.2) is 0 Å². The molecule has 2 rings (SSSR count). The van der Waals surface area contributed by atoms with Crippen LogP contribution < -0.4 is 0 Å². The summed E-state index contributed by atoms with van der Waals surface area (Å²) in [6, 6.07) is -0.578. The number of hydrogen-bond donors (Lipinski definition) is 0. The van der Waals surface area contributed by atoms with E-state index >= 15 is 0 Å². The number of nitrogens with zero attached hydrogens (tertiary/aromatic N) is 2. The van der Waals surface area contributed by atoms with Gasteiger partial charge in [-0.25, -0.2) is 8.78 Å². The molecule has 0 aromatic rings. The lowest BCUT2D eigenvalue weighted by Gasteiger charge is -2.33. The van der Waals surface area contributed by atoms with E-state index in [4.69, 9.17) is 0 Å². The van der Waals surface area contributed by atoms with Crippen molar-refractivity contribution < 1.29 is 18.4 Å². The maximum absolute atomic E-state index is 12.6. The van der Waals surface area contributed by atoms with E-state index < -0.39 is 19.0 Å². The van der Waals surface area contributed by atoms with Crippen molar-refractivity contribution in [1.82, 2.24) is 9.80 Å². The Morgan fingerprint density at radius 2 is 2.30 bits per heavy atom. The summed E-state index contributed by atoms with van der Waals surface area (Å²) < 4.78 is 25.2. The van der Waals surface area contributed by atoms with E-state index in [-0.39, 0.29) is 16.7 Å². The Labute approximate surface area is 121 Å². The standard InChI is InChI=1S/C13H20F2N2O2S/c1-3-6-16(7-10(14)15)12(19)9-8-20-13(2)5-4-11(18)17(9)13/h9-10H,3-8H2,1-2H3/t9-,13-/m0/s1. The zero-order valence-corrected chi connectivity index (χ0v) is 12.6. The van der Waals surface area contributed by atoms with Crippen LogP contribution in [0.4, 0.5) is 8.78 Å². The molecule has 0 aromatic heterocycles. The first-order chi connectivity index (χ1) is 9.39. The number of alkyl halides is 2. The van der Waals surface area contributed by atoms with E-state index in [0.717, 1.165) is 6.42 Å². The third kappa shape index (κ3) is 2.77. The number of thioether (sulfide) groups is 1. The highest BCUT2D eigenvalue weighted by molar-refractivity contribution is 8.01.